The van der Waals surface area contributed by atoms with E-state index >= 15 is 0 Å². The topological polar surface area (TPSA) is 92.3 Å². The van der Waals surface area contributed by atoms with E-state index in [4.69, 9.17) is 0 Å². The zero-order valence-corrected chi connectivity index (χ0v) is 18.9. The highest BCUT2D eigenvalue weighted by Gasteiger charge is 2.25. The van der Waals surface area contributed by atoms with Crippen LogP contribution in [0.15, 0.2) is 53.7 Å². The van der Waals surface area contributed by atoms with Crippen molar-refractivity contribution in [3.05, 3.63) is 64.9 Å². The lowest BCUT2D eigenvalue weighted by atomic mass is 10.2. The molecule has 0 aliphatic carbocycles. The third-order valence-corrected chi connectivity index (χ3v) is 8.36. The maximum atomic E-state index is 12.8. The molecule has 0 atom stereocenters. The molecule has 9 heteroatoms. The third-order valence-electron chi connectivity index (χ3n) is 5.24. The number of nitrogens with one attached hydrogen (secondary N) is 1. The van der Waals surface area contributed by atoms with Gasteiger partial charge in [-0.1, -0.05) is 18.6 Å². The minimum Gasteiger partial charge on any atom is -0.347 e. The molecule has 1 fully saturated rings. The Bertz CT molecular complexity index is 1150. The fourth-order valence-corrected chi connectivity index (χ4v) is 6.01. The number of aryl methyl sites for hydroxylation is 1. The zero-order chi connectivity index (χ0) is 21.8. The molecule has 3 aromatic rings. The molecule has 0 bridgehead atoms. The molecule has 1 aliphatic rings. The van der Waals surface area contributed by atoms with Gasteiger partial charge in [0.25, 0.3) is 5.91 Å². The van der Waals surface area contributed by atoms with E-state index in [1.165, 1.54) is 11.3 Å². The van der Waals surface area contributed by atoms with Crippen molar-refractivity contribution in [3.8, 4) is 10.6 Å². The molecule has 0 saturated carbocycles. The van der Waals surface area contributed by atoms with Crippen LogP contribution in [0.3, 0.4) is 0 Å². The van der Waals surface area contributed by atoms with E-state index in [0.717, 1.165) is 35.4 Å². The summed E-state index contributed by atoms with van der Waals surface area (Å²) in [6.45, 7) is 3.28. The lowest BCUT2D eigenvalue weighted by molar-refractivity contribution is 0.0954. The van der Waals surface area contributed by atoms with Crippen molar-refractivity contribution in [2.24, 2.45) is 0 Å². The zero-order valence-electron chi connectivity index (χ0n) is 17.2. The summed E-state index contributed by atoms with van der Waals surface area (Å²) >= 11 is 1.33. The van der Waals surface area contributed by atoms with Gasteiger partial charge in [-0.3, -0.25) is 9.78 Å². The number of carbonyl (C=O) groups excluding carboxylic acids is 1. The average molecular weight is 457 g/mol. The standard InChI is InChI=1S/C22H24N4O3S2/c1-16-20(30-22(25-16)18-6-5-11-23-15-18)21(27)24-14-17-7-9-19(10-8-17)31(28,29)26-12-3-2-4-13-26/h5-11,15H,2-4,12-14H2,1H3,(H,24,27). The van der Waals surface area contributed by atoms with E-state index in [9.17, 15) is 13.2 Å². The average Bonchev–Trinajstić information content (AvgIpc) is 3.20. The number of carbonyl (C=O) groups is 1. The van der Waals surface area contributed by atoms with Gasteiger partial charge in [-0.05, 0) is 49.6 Å². The number of benzene rings is 1. The van der Waals surface area contributed by atoms with E-state index in [1.54, 1.807) is 41.0 Å². The van der Waals surface area contributed by atoms with Crippen LogP contribution >= 0.6 is 11.3 Å². The predicted octanol–water partition coefficient (Wildman–Crippen LogP) is 3.62. The van der Waals surface area contributed by atoms with Crippen molar-refractivity contribution in [3.63, 3.8) is 0 Å². The fourth-order valence-electron chi connectivity index (χ4n) is 3.52. The molecule has 3 heterocycles. The van der Waals surface area contributed by atoms with Crippen LogP contribution in [-0.2, 0) is 16.6 Å². The van der Waals surface area contributed by atoms with Crippen molar-refractivity contribution in [1.29, 1.82) is 0 Å². The number of thiazole rings is 1. The van der Waals surface area contributed by atoms with E-state index in [2.05, 4.69) is 15.3 Å². The summed E-state index contributed by atoms with van der Waals surface area (Å²) < 4.78 is 27.1. The molecule has 162 valence electrons. The van der Waals surface area contributed by atoms with Crippen molar-refractivity contribution in [2.45, 2.75) is 37.6 Å². The molecule has 1 aromatic carbocycles. The highest BCUT2D eigenvalue weighted by molar-refractivity contribution is 7.89. The quantitative estimate of drug-likeness (QED) is 0.612. The van der Waals surface area contributed by atoms with Crippen molar-refractivity contribution >= 4 is 27.3 Å². The molecule has 0 radical (unpaired) electrons. The third kappa shape index (κ3) is 4.84. The Morgan fingerprint density at radius 1 is 1.13 bits per heavy atom. The van der Waals surface area contributed by atoms with E-state index < -0.39 is 10.0 Å². The van der Waals surface area contributed by atoms with Gasteiger partial charge in [0.15, 0.2) is 0 Å². The van der Waals surface area contributed by atoms with Crippen LogP contribution in [-0.4, -0.2) is 41.7 Å². The summed E-state index contributed by atoms with van der Waals surface area (Å²) in [4.78, 5) is 22.1. The number of piperidine rings is 1. The van der Waals surface area contributed by atoms with Crippen LogP contribution in [0.5, 0.6) is 0 Å². The molecule has 1 saturated heterocycles. The lowest BCUT2D eigenvalue weighted by Crippen LogP contribution is -2.35. The summed E-state index contributed by atoms with van der Waals surface area (Å²) in [5.74, 6) is -0.199. The maximum absolute atomic E-state index is 12.8. The number of sulfonamides is 1. The lowest BCUT2D eigenvalue weighted by Gasteiger charge is -2.25. The van der Waals surface area contributed by atoms with Gasteiger partial charge >= 0.3 is 0 Å². The fraction of sp³-hybridized carbons (Fsp3) is 0.318. The molecule has 0 spiro atoms. The van der Waals surface area contributed by atoms with Crippen molar-refractivity contribution in [2.75, 3.05) is 13.1 Å². The van der Waals surface area contributed by atoms with Crippen molar-refractivity contribution < 1.29 is 13.2 Å². The molecule has 31 heavy (non-hydrogen) atoms. The van der Waals surface area contributed by atoms with Gasteiger partial charge in [-0.2, -0.15) is 4.31 Å². The van der Waals surface area contributed by atoms with Gasteiger partial charge in [-0.25, -0.2) is 13.4 Å². The second kappa shape index (κ2) is 9.25. The van der Waals surface area contributed by atoms with Crippen LogP contribution < -0.4 is 5.32 Å². The van der Waals surface area contributed by atoms with Crippen LogP contribution in [0, 0.1) is 6.92 Å². The minimum absolute atomic E-state index is 0.199. The first kappa shape index (κ1) is 21.6. The molecule has 4 rings (SSSR count). The summed E-state index contributed by atoms with van der Waals surface area (Å²) in [6.07, 6.45) is 6.30. The van der Waals surface area contributed by atoms with E-state index in [-0.39, 0.29) is 5.91 Å². The molecular weight excluding hydrogens is 432 g/mol. The van der Waals surface area contributed by atoms with Gasteiger partial charge < -0.3 is 5.32 Å². The molecule has 1 N–H and O–H groups in total. The second-order valence-corrected chi connectivity index (χ2v) is 10.4. The Hall–Kier alpha value is -2.62. The summed E-state index contributed by atoms with van der Waals surface area (Å²) in [6, 6.07) is 10.5. The normalized spacial score (nSPS) is 15.0. The maximum Gasteiger partial charge on any atom is 0.263 e. The van der Waals surface area contributed by atoms with Gasteiger partial charge in [0, 0.05) is 37.6 Å². The SMILES string of the molecule is Cc1nc(-c2cccnc2)sc1C(=O)NCc1ccc(S(=O)(=O)N2CCCCC2)cc1. The van der Waals surface area contributed by atoms with Gasteiger partial charge in [-0.15, -0.1) is 11.3 Å². The van der Waals surface area contributed by atoms with Crippen molar-refractivity contribution in [1.82, 2.24) is 19.6 Å². The number of nitrogens with zero attached hydrogens (tertiary/aromatic N) is 3. The number of pyridine rings is 1. The first-order chi connectivity index (χ1) is 14.9. The molecule has 7 nitrogen and oxygen atoms in total. The van der Waals surface area contributed by atoms with Gasteiger partial charge in [0.1, 0.15) is 9.88 Å². The predicted molar refractivity (Wildman–Crippen MR) is 120 cm³/mol. The molecule has 2 aromatic heterocycles. The highest BCUT2D eigenvalue weighted by atomic mass is 32.2. The van der Waals surface area contributed by atoms with Crippen LogP contribution in [0.1, 0.15) is 40.2 Å². The number of hydrogen-bond acceptors (Lipinski definition) is 6. The van der Waals surface area contributed by atoms with Gasteiger partial charge in [0.05, 0.1) is 10.6 Å². The number of rotatable bonds is 6. The summed E-state index contributed by atoms with van der Waals surface area (Å²) in [5.41, 5.74) is 2.38. The molecule has 0 unspecified atom stereocenters. The molecule has 1 amide bonds. The van der Waals surface area contributed by atoms with Crippen LogP contribution in [0.4, 0.5) is 0 Å². The first-order valence-electron chi connectivity index (χ1n) is 10.2. The monoisotopic (exact) mass is 456 g/mol. The van der Waals surface area contributed by atoms with E-state index in [0.29, 0.717) is 35.1 Å². The Labute approximate surface area is 186 Å². The first-order valence-corrected chi connectivity index (χ1v) is 12.5. The summed E-state index contributed by atoms with van der Waals surface area (Å²) in [5, 5.41) is 3.65. The Morgan fingerprint density at radius 2 is 1.87 bits per heavy atom. The van der Waals surface area contributed by atoms with Gasteiger partial charge in [0.2, 0.25) is 10.0 Å². The highest BCUT2D eigenvalue weighted by Crippen LogP contribution is 2.27. The van der Waals surface area contributed by atoms with Crippen LogP contribution in [0.25, 0.3) is 10.6 Å². The number of aromatic nitrogens is 2. The minimum atomic E-state index is -3.45. The Morgan fingerprint density at radius 3 is 2.55 bits per heavy atom. The molecule has 1 aliphatic heterocycles. The summed E-state index contributed by atoms with van der Waals surface area (Å²) in [7, 11) is -3.45. The second-order valence-electron chi connectivity index (χ2n) is 7.47. The Balaban J connectivity index is 1.40. The Kier molecular flexibility index (Phi) is 6.45. The number of hydrogen-bond donors (Lipinski definition) is 1. The number of amides is 1. The smallest absolute Gasteiger partial charge is 0.263 e. The van der Waals surface area contributed by atoms with E-state index in [1.807, 2.05) is 19.1 Å². The molecular formula is C22H24N4O3S2. The van der Waals surface area contributed by atoms with Crippen LogP contribution in [0.2, 0.25) is 0 Å². The largest absolute Gasteiger partial charge is 0.347 e.